The first-order valence-electron chi connectivity index (χ1n) is 5.66. The van der Waals surface area contributed by atoms with Crippen molar-refractivity contribution in [3.63, 3.8) is 0 Å². The third kappa shape index (κ3) is 3.24. The minimum Gasteiger partial charge on any atom is -0.299 e. The summed E-state index contributed by atoms with van der Waals surface area (Å²) in [5.41, 5.74) is 0. The van der Waals surface area contributed by atoms with Crippen LogP contribution in [-0.2, 0) is 9.59 Å². The average molecular weight is 196 g/mol. The van der Waals surface area contributed by atoms with Gasteiger partial charge in [0.1, 0.15) is 11.6 Å². The molecule has 1 saturated carbocycles. The summed E-state index contributed by atoms with van der Waals surface area (Å²) in [7, 11) is 0. The van der Waals surface area contributed by atoms with E-state index in [1.54, 1.807) is 0 Å². The summed E-state index contributed by atoms with van der Waals surface area (Å²) in [4.78, 5) is 23.1. The number of Topliss-reactive ketones (excluding diaryl/α,β-unsaturated/α-hetero) is 2. The Kier molecular flexibility index (Phi) is 4.30. The smallest absolute Gasteiger partial charge is 0.143 e. The van der Waals surface area contributed by atoms with E-state index in [9.17, 15) is 9.59 Å². The van der Waals surface area contributed by atoms with Gasteiger partial charge in [-0.25, -0.2) is 0 Å². The Morgan fingerprint density at radius 2 is 1.71 bits per heavy atom. The van der Waals surface area contributed by atoms with E-state index in [-0.39, 0.29) is 29.8 Å². The van der Waals surface area contributed by atoms with Crippen LogP contribution in [0.3, 0.4) is 0 Å². The van der Waals surface area contributed by atoms with Crippen molar-refractivity contribution in [3.8, 4) is 0 Å². The van der Waals surface area contributed by atoms with Crippen LogP contribution < -0.4 is 0 Å². The highest BCUT2D eigenvalue weighted by atomic mass is 16.1. The van der Waals surface area contributed by atoms with Gasteiger partial charge in [-0.15, -0.1) is 0 Å². The topological polar surface area (TPSA) is 34.1 Å². The summed E-state index contributed by atoms with van der Waals surface area (Å²) in [6.45, 7) is 3.72. The highest BCUT2D eigenvalue weighted by molar-refractivity contribution is 6.00. The number of hydrogen-bond donors (Lipinski definition) is 0. The molecule has 2 heteroatoms. The third-order valence-corrected chi connectivity index (χ3v) is 3.05. The van der Waals surface area contributed by atoms with Crippen molar-refractivity contribution in [1.82, 2.24) is 0 Å². The Hall–Kier alpha value is -0.660. The molecule has 0 radical (unpaired) electrons. The van der Waals surface area contributed by atoms with E-state index < -0.39 is 0 Å². The van der Waals surface area contributed by atoms with Crippen molar-refractivity contribution in [1.29, 1.82) is 0 Å². The van der Waals surface area contributed by atoms with Gasteiger partial charge in [-0.2, -0.15) is 0 Å². The molecule has 2 nitrogen and oxygen atoms in total. The van der Waals surface area contributed by atoms with Gasteiger partial charge in [-0.3, -0.25) is 9.59 Å². The standard InChI is InChI=1S/C12H20O2/c1-9(2)11(13)8-12(14)10-6-4-3-5-7-10/h9-10H,3-8H2,1-2H3. The molecule has 1 fully saturated rings. The van der Waals surface area contributed by atoms with Gasteiger partial charge < -0.3 is 0 Å². The molecule has 1 rings (SSSR count). The fourth-order valence-corrected chi connectivity index (χ4v) is 1.94. The van der Waals surface area contributed by atoms with Crippen molar-refractivity contribution >= 4 is 11.6 Å². The van der Waals surface area contributed by atoms with Gasteiger partial charge in [0.05, 0.1) is 6.42 Å². The molecule has 0 N–H and O–H groups in total. The summed E-state index contributed by atoms with van der Waals surface area (Å²) in [6.07, 6.45) is 5.75. The van der Waals surface area contributed by atoms with E-state index in [0.717, 1.165) is 25.7 Å². The molecule has 0 saturated heterocycles. The number of carbonyl (C=O) groups is 2. The minimum absolute atomic E-state index is 0.00235. The number of hydrogen-bond acceptors (Lipinski definition) is 2. The molecule has 0 aromatic heterocycles. The number of ketones is 2. The molecule has 0 atom stereocenters. The van der Waals surface area contributed by atoms with E-state index in [1.807, 2.05) is 13.8 Å². The van der Waals surface area contributed by atoms with Crippen LogP contribution in [0.2, 0.25) is 0 Å². The Bertz CT molecular complexity index is 212. The largest absolute Gasteiger partial charge is 0.299 e. The zero-order chi connectivity index (χ0) is 10.6. The molecule has 0 spiro atoms. The van der Waals surface area contributed by atoms with Crippen LogP contribution in [0.5, 0.6) is 0 Å². The molecule has 80 valence electrons. The quantitative estimate of drug-likeness (QED) is 0.648. The second kappa shape index (κ2) is 5.28. The second-order valence-electron chi connectivity index (χ2n) is 4.60. The lowest BCUT2D eigenvalue weighted by Gasteiger charge is -2.20. The summed E-state index contributed by atoms with van der Waals surface area (Å²) < 4.78 is 0. The highest BCUT2D eigenvalue weighted by Crippen LogP contribution is 2.25. The lowest BCUT2D eigenvalue weighted by atomic mass is 9.84. The first-order chi connectivity index (χ1) is 6.61. The molecule has 1 aliphatic rings. The molecule has 1 aliphatic carbocycles. The van der Waals surface area contributed by atoms with Gasteiger partial charge in [-0.05, 0) is 12.8 Å². The van der Waals surface area contributed by atoms with Crippen LogP contribution in [0, 0.1) is 11.8 Å². The zero-order valence-electron chi connectivity index (χ0n) is 9.21. The third-order valence-electron chi connectivity index (χ3n) is 3.05. The van der Waals surface area contributed by atoms with Crippen molar-refractivity contribution in [2.75, 3.05) is 0 Å². The van der Waals surface area contributed by atoms with Crippen LogP contribution in [0.25, 0.3) is 0 Å². The summed E-state index contributed by atoms with van der Waals surface area (Å²) >= 11 is 0. The van der Waals surface area contributed by atoms with Gasteiger partial charge in [0, 0.05) is 11.8 Å². The van der Waals surface area contributed by atoms with E-state index in [4.69, 9.17) is 0 Å². The minimum atomic E-state index is 0.00235. The normalized spacial score (nSPS) is 18.5. The lowest BCUT2D eigenvalue weighted by molar-refractivity contribution is -0.131. The molecule has 0 bridgehead atoms. The fraction of sp³-hybridized carbons (Fsp3) is 0.833. The van der Waals surface area contributed by atoms with Crippen molar-refractivity contribution in [2.45, 2.75) is 52.4 Å². The maximum Gasteiger partial charge on any atom is 0.143 e. The predicted molar refractivity (Wildman–Crippen MR) is 56.0 cm³/mol. The van der Waals surface area contributed by atoms with Crippen LogP contribution in [0.15, 0.2) is 0 Å². The fourth-order valence-electron chi connectivity index (χ4n) is 1.94. The van der Waals surface area contributed by atoms with Gasteiger partial charge >= 0.3 is 0 Å². The van der Waals surface area contributed by atoms with Crippen LogP contribution in [0.1, 0.15) is 52.4 Å². The highest BCUT2D eigenvalue weighted by Gasteiger charge is 2.23. The Balaban J connectivity index is 2.37. The van der Waals surface area contributed by atoms with Crippen LogP contribution >= 0.6 is 0 Å². The summed E-state index contributed by atoms with van der Waals surface area (Å²) in [5, 5.41) is 0. The Morgan fingerprint density at radius 3 is 2.21 bits per heavy atom. The molecule has 0 aliphatic heterocycles. The molecular formula is C12H20O2. The van der Waals surface area contributed by atoms with E-state index in [1.165, 1.54) is 6.42 Å². The lowest BCUT2D eigenvalue weighted by Crippen LogP contribution is -2.22. The molecule has 0 heterocycles. The number of rotatable bonds is 4. The molecular weight excluding hydrogens is 176 g/mol. The maximum absolute atomic E-state index is 11.7. The van der Waals surface area contributed by atoms with Crippen LogP contribution in [0.4, 0.5) is 0 Å². The van der Waals surface area contributed by atoms with Crippen molar-refractivity contribution in [3.05, 3.63) is 0 Å². The van der Waals surface area contributed by atoms with E-state index in [0.29, 0.717) is 0 Å². The van der Waals surface area contributed by atoms with Gasteiger partial charge in [0.25, 0.3) is 0 Å². The van der Waals surface area contributed by atoms with Crippen molar-refractivity contribution < 1.29 is 9.59 Å². The van der Waals surface area contributed by atoms with Crippen LogP contribution in [-0.4, -0.2) is 11.6 Å². The predicted octanol–water partition coefficient (Wildman–Crippen LogP) is 2.75. The number of carbonyl (C=O) groups excluding carboxylic acids is 2. The Morgan fingerprint density at radius 1 is 1.14 bits per heavy atom. The first kappa shape index (κ1) is 11.4. The molecule has 0 aromatic carbocycles. The average Bonchev–Trinajstić information content (AvgIpc) is 2.19. The van der Waals surface area contributed by atoms with Gasteiger partial charge in [0.15, 0.2) is 0 Å². The molecule has 0 unspecified atom stereocenters. The molecule has 0 amide bonds. The monoisotopic (exact) mass is 196 g/mol. The second-order valence-corrected chi connectivity index (χ2v) is 4.60. The molecule has 14 heavy (non-hydrogen) atoms. The van der Waals surface area contributed by atoms with E-state index >= 15 is 0 Å². The maximum atomic E-state index is 11.7. The van der Waals surface area contributed by atoms with Gasteiger partial charge in [-0.1, -0.05) is 33.1 Å². The summed E-state index contributed by atoms with van der Waals surface area (Å²) in [6, 6.07) is 0. The first-order valence-corrected chi connectivity index (χ1v) is 5.66. The molecule has 0 aromatic rings. The Labute approximate surface area is 86.1 Å². The summed E-state index contributed by atoms with van der Waals surface area (Å²) in [5.74, 6) is 0.470. The zero-order valence-corrected chi connectivity index (χ0v) is 9.21. The van der Waals surface area contributed by atoms with Gasteiger partial charge in [0.2, 0.25) is 0 Å². The SMILES string of the molecule is CC(C)C(=O)CC(=O)C1CCCCC1. The van der Waals surface area contributed by atoms with Crippen molar-refractivity contribution in [2.24, 2.45) is 11.8 Å². The van der Waals surface area contributed by atoms with E-state index in [2.05, 4.69) is 0 Å².